The topological polar surface area (TPSA) is 50.4 Å². The molecule has 0 atom stereocenters. The first kappa shape index (κ1) is 14.3. The Morgan fingerprint density at radius 2 is 2.16 bits per heavy atom. The number of quaternary nitrogens is 1. The third-order valence-corrected chi connectivity index (χ3v) is 4.29. The van der Waals surface area contributed by atoms with Crippen LogP contribution in [-0.4, -0.2) is 43.6 Å². The van der Waals surface area contributed by atoms with Crippen LogP contribution in [0.15, 0.2) is 11.1 Å². The van der Waals surface area contributed by atoms with E-state index in [-0.39, 0.29) is 0 Å². The second-order valence-electron chi connectivity index (χ2n) is 4.83. The van der Waals surface area contributed by atoms with Crippen LogP contribution in [0.2, 0.25) is 0 Å². The van der Waals surface area contributed by atoms with Gasteiger partial charge in [0.25, 0.3) is 0 Å². The van der Waals surface area contributed by atoms with E-state index in [9.17, 15) is 5.26 Å². The highest BCUT2D eigenvalue weighted by molar-refractivity contribution is 7.99. The summed E-state index contributed by atoms with van der Waals surface area (Å²) < 4.78 is 5.35. The number of nitrogens with one attached hydrogen (secondary N) is 1. The van der Waals surface area contributed by atoms with E-state index in [0.29, 0.717) is 0 Å². The molecule has 1 fully saturated rings. The molecule has 0 unspecified atom stereocenters. The average molecular weight is 278 g/mol. The van der Waals surface area contributed by atoms with Crippen LogP contribution in [0.1, 0.15) is 16.8 Å². The SMILES string of the molecule is Cc1cc(C)c(C#N)c(SCC[NH+]2CCOCC2)n1. The van der Waals surface area contributed by atoms with E-state index in [1.165, 1.54) is 0 Å². The van der Waals surface area contributed by atoms with Gasteiger partial charge in [-0.2, -0.15) is 5.26 Å². The van der Waals surface area contributed by atoms with Crippen LogP contribution < -0.4 is 4.90 Å². The number of hydrogen-bond acceptors (Lipinski definition) is 4. The molecule has 102 valence electrons. The van der Waals surface area contributed by atoms with Gasteiger partial charge in [0, 0.05) is 11.4 Å². The molecule has 4 nitrogen and oxygen atoms in total. The number of aromatic nitrogens is 1. The molecule has 0 aromatic carbocycles. The maximum Gasteiger partial charge on any atom is 0.115 e. The molecule has 2 rings (SSSR count). The van der Waals surface area contributed by atoms with E-state index in [1.807, 2.05) is 19.9 Å². The lowest BCUT2D eigenvalue weighted by Gasteiger charge is -2.23. The Balaban J connectivity index is 1.93. The van der Waals surface area contributed by atoms with Gasteiger partial charge in [-0.15, -0.1) is 0 Å². The van der Waals surface area contributed by atoms with Crippen LogP contribution in [0, 0.1) is 25.2 Å². The number of nitrogens with zero attached hydrogens (tertiary/aromatic N) is 2. The molecule has 2 heterocycles. The fourth-order valence-electron chi connectivity index (χ4n) is 2.25. The number of nitriles is 1. The van der Waals surface area contributed by atoms with Gasteiger partial charge in [-0.3, -0.25) is 0 Å². The summed E-state index contributed by atoms with van der Waals surface area (Å²) in [6, 6.07) is 4.24. The van der Waals surface area contributed by atoms with Crippen LogP contribution in [-0.2, 0) is 4.74 Å². The monoisotopic (exact) mass is 278 g/mol. The quantitative estimate of drug-likeness (QED) is 0.819. The Morgan fingerprint density at radius 1 is 1.42 bits per heavy atom. The van der Waals surface area contributed by atoms with E-state index < -0.39 is 0 Å². The predicted octanol–water partition coefficient (Wildman–Crippen LogP) is 0.577. The van der Waals surface area contributed by atoms with E-state index in [1.54, 1.807) is 16.7 Å². The number of aryl methyl sites for hydroxylation is 2. The summed E-state index contributed by atoms with van der Waals surface area (Å²) in [5.74, 6) is 1.000. The molecule has 0 radical (unpaired) electrons. The molecule has 1 aliphatic heterocycles. The summed E-state index contributed by atoms with van der Waals surface area (Å²) in [5, 5.41) is 10.1. The minimum atomic E-state index is 0.729. The smallest absolute Gasteiger partial charge is 0.115 e. The van der Waals surface area contributed by atoms with Crippen molar-refractivity contribution in [1.82, 2.24) is 4.98 Å². The van der Waals surface area contributed by atoms with Crippen LogP contribution >= 0.6 is 11.8 Å². The van der Waals surface area contributed by atoms with Crippen molar-refractivity contribution in [3.63, 3.8) is 0 Å². The van der Waals surface area contributed by atoms with Gasteiger partial charge in [0.15, 0.2) is 0 Å². The van der Waals surface area contributed by atoms with Crippen molar-refractivity contribution in [2.24, 2.45) is 0 Å². The lowest BCUT2D eigenvalue weighted by molar-refractivity contribution is -0.905. The van der Waals surface area contributed by atoms with Crippen molar-refractivity contribution >= 4 is 11.8 Å². The van der Waals surface area contributed by atoms with Gasteiger partial charge in [0.2, 0.25) is 0 Å². The first-order chi connectivity index (χ1) is 9.20. The maximum absolute atomic E-state index is 9.21. The van der Waals surface area contributed by atoms with Gasteiger partial charge in [0.1, 0.15) is 24.2 Å². The second-order valence-corrected chi connectivity index (χ2v) is 5.92. The zero-order valence-corrected chi connectivity index (χ0v) is 12.3. The summed E-state index contributed by atoms with van der Waals surface area (Å²) in [7, 11) is 0. The first-order valence-corrected chi connectivity index (χ1v) is 7.61. The first-order valence-electron chi connectivity index (χ1n) is 6.63. The number of pyridine rings is 1. The molecule has 0 saturated carbocycles. The Morgan fingerprint density at radius 3 is 2.84 bits per heavy atom. The molecule has 1 N–H and O–H groups in total. The van der Waals surface area contributed by atoms with Crippen molar-refractivity contribution in [2.75, 3.05) is 38.6 Å². The van der Waals surface area contributed by atoms with Gasteiger partial charge >= 0.3 is 0 Å². The lowest BCUT2D eigenvalue weighted by atomic mass is 10.1. The molecule has 0 spiro atoms. The molecule has 1 aromatic rings. The minimum Gasteiger partial charge on any atom is -0.370 e. The van der Waals surface area contributed by atoms with Crippen molar-refractivity contribution < 1.29 is 9.64 Å². The fourth-order valence-corrected chi connectivity index (χ4v) is 3.39. The van der Waals surface area contributed by atoms with Crippen LogP contribution in [0.3, 0.4) is 0 Å². The number of morpholine rings is 1. The van der Waals surface area contributed by atoms with Crippen LogP contribution in [0.25, 0.3) is 0 Å². The van der Waals surface area contributed by atoms with Crippen molar-refractivity contribution in [1.29, 1.82) is 5.26 Å². The zero-order chi connectivity index (χ0) is 13.7. The highest BCUT2D eigenvalue weighted by Gasteiger charge is 2.14. The van der Waals surface area contributed by atoms with Crippen LogP contribution in [0.4, 0.5) is 0 Å². The summed E-state index contributed by atoms with van der Waals surface area (Å²) in [5.41, 5.74) is 2.74. The highest BCUT2D eigenvalue weighted by Crippen LogP contribution is 2.22. The average Bonchev–Trinajstić information content (AvgIpc) is 2.39. The summed E-state index contributed by atoms with van der Waals surface area (Å²) in [6.07, 6.45) is 0. The summed E-state index contributed by atoms with van der Waals surface area (Å²) in [6.45, 7) is 8.97. The Labute approximate surface area is 118 Å². The number of thioether (sulfide) groups is 1. The number of ether oxygens (including phenoxy) is 1. The van der Waals surface area contributed by atoms with Crippen molar-refractivity contribution in [2.45, 2.75) is 18.9 Å². The summed E-state index contributed by atoms with van der Waals surface area (Å²) in [4.78, 5) is 6.08. The van der Waals surface area contributed by atoms with Crippen molar-refractivity contribution in [3.05, 3.63) is 22.9 Å². The minimum absolute atomic E-state index is 0.729. The molecule has 0 aliphatic carbocycles. The molecule has 5 heteroatoms. The molecule has 0 bridgehead atoms. The van der Waals surface area contributed by atoms with Gasteiger partial charge in [-0.05, 0) is 25.5 Å². The molecular formula is C14H20N3OS+. The Kier molecular flexibility index (Phi) is 5.20. The normalized spacial score (nSPS) is 16.3. The predicted molar refractivity (Wildman–Crippen MR) is 75.5 cm³/mol. The molecule has 0 amide bonds. The van der Waals surface area contributed by atoms with E-state index in [0.717, 1.165) is 60.4 Å². The fraction of sp³-hybridized carbons (Fsp3) is 0.571. The Bertz CT molecular complexity index is 478. The lowest BCUT2D eigenvalue weighted by Crippen LogP contribution is -3.14. The third kappa shape index (κ3) is 3.93. The van der Waals surface area contributed by atoms with Crippen molar-refractivity contribution in [3.8, 4) is 6.07 Å². The second kappa shape index (κ2) is 6.90. The van der Waals surface area contributed by atoms with E-state index >= 15 is 0 Å². The number of rotatable bonds is 4. The highest BCUT2D eigenvalue weighted by atomic mass is 32.2. The molecule has 1 saturated heterocycles. The van der Waals surface area contributed by atoms with Crippen LogP contribution in [0.5, 0.6) is 0 Å². The van der Waals surface area contributed by atoms with Gasteiger partial charge < -0.3 is 9.64 Å². The summed E-state index contributed by atoms with van der Waals surface area (Å²) >= 11 is 1.70. The third-order valence-electron chi connectivity index (χ3n) is 3.32. The number of hydrogen-bond donors (Lipinski definition) is 1. The Hall–Kier alpha value is -1.09. The van der Waals surface area contributed by atoms with Gasteiger partial charge in [-0.1, -0.05) is 11.8 Å². The molecule has 19 heavy (non-hydrogen) atoms. The zero-order valence-electron chi connectivity index (χ0n) is 11.5. The standard InChI is InChI=1S/C14H19N3OS/c1-11-9-12(2)16-14(13(11)10-15)19-8-5-17-3-6-18-7-4-17/h9H,3-8H2,1-2H3/p+1. The largest absolute Gasteiger partial charge is 0.370 e. The van der Waals surface area contributed by atoms with Gasteiger partial charge in [-0.25, -0.2) is 4.98 Å². The molecule has 1 aliphatic rings. The molecule has 1 aromatic heterocycles. The maximum atomic E-state index is 9.21. The van der Waals surface area contributed by atoms with E-state index in [2.05, 4.69) is 11.1 Å². The van der Waals surface area contributed by atoms with E-state index in [4.69, 9.17) is 4.74 Å². The van der Waals surface area contributed by atoms with Gasteiger partial charge in [0.05, 0.1) is 25.3 Å². The molecular weight excluding hydrogens is 258 g/mol.